The minimum absolute atomic E-state index is 0. The lowest BCUT2D eigenvalue weighted by Crippen LogP contribution is -2.39. The Labute approximate surface area is 203 Å². The second-order valence-electron chi connectivity index (χ2n) is 7.24. The molecule has 0 saturated carbocycles. The molecule has 0 fully saturated rings. The van der Waals surface area contributed by atoms with E-state index in [1.165, 1.54) is 15.9 Å². The molecule has 0 aliphatic heterocycles. The van der Waals surface area contributed by atoms with Gasteiger partial charge in [0.1, 0.15) is 23.2 Å². The Morgan fingerprint density at radius 1 is 0.562 bits per heavy atom. The van der Waals surface area contributed by atoms with Gasteiger partial charge in [0.15, 0.2) is 6.16 Å². The number of carbonyl (C=O) groups is 1. The number of rotatable bonds is 7. The van der Waals surface area contributed by atoms with Gasteiger partial charge in [-0.05, 0) is 42.0 Å². The van der Waals surface area contributed by atoms with Crippen LogP contribution in [-0.2, 0) is 11.3 Å². The molecule has 0 aliphatic carbocycles. The van der Waals surface area contributed by atoms with Crippen LogP contribution in [0, 0.1) is 0 Å². The predicted octanol–water partition coefficient (Wildman–Crippen LogP) is 5.14. The van der Waals surface area contributed by atoms with Gasteiger partial charge in [-0.2, -0.15) is 0 Å². The fourth-order valence-electron chi connectivity index (χ4n) is 3.84. The highest BCUT2D eigenvalue weighted by Crippen LogP contribution is 2.54. The lowest BCUT2D eigenvalue weighted by molar-refractivity contribution is -0.118. The van der Waals surface area contributed by atoms with E-state index in [9.17, 15) is 4.79 Å². The van der Waals surface area contributed by atoms with E-state index in [0.29, 0.717) is 12.7 Å². The van der Waals surface area contributed by atoms with Gasteiger partial charge in [-0.15, -0.1) is 24.8 Å². The number of halogens is 2. The van der Waals surface area contributed by atoms with Crippen molar-refractivity contribution in [2.24, 2.45) is 0 Å². The Balaban J connectivity index is 0.00000181. The summed E-state index contributed by atoms with van der Waals surface area (Å²) < 4.78 is 0. The van der Waals surface area contributed by atoms with Crippen LogP contribution >= 0.6 is 32.1 Å². The van der Waals surface area contributed by atoms with Gasteiger partial charge < -0.3 is 5.32 Å². The van der Waals surface area contributed by atoms with E-state index in [0.717, 1.165) is 5.56 Å². The van der Waals surface area contributed by atoms with Gasteiger partial charge in [0.25, 0.3) is 5.91 Å². The quantitative estimate of drug-likeness (QED) is 0.363. The molecule has 0 spiro atoms. The molecular formula is C27H27Cl2NOP+. The second kappa shape index (κ2) is 12.4. The van der Waals surface area contributed by atoms with Crippen molar-refractivity contribution in [1.82, 2.24) is 5.32 Å². The van der Waals surface area contributed by atoms with Gasteiger partial charge >= 0.3 is 0 Å². The summed E-state index contributed by atoms with van der Waals surface area (Å²) in [5.74, 6) is 0.0729. The fraction of sp³-hybridized carbons (Fsp3) is 0.0741. The maximum absolute atomic E-state index is 13.3. The van der Waals surface area contributed by atoms with Crippen molar-refractivity contribution in [3.63, 3.8) is 0 Å². The molecule has 0 radical (unpaired) electrons. The van der Waals surface area contributed by atoms with E-state index < -0.39 is 7.26 Å². The normalized spacial score (nSPS) is 10.4. The molecule has 0 bridgehead atoms. The molecule has 0 aliphatic rings. The van der Waals surface area contributed by atoms with Gasteiger partial charge in [0, 0.05) is 6.54 Å². The van der Waals surface area contributed by atoms with Crippen molar-refractivity contribution in [1.29, 1.82) is 0 Å². The minimum atomic E-state index is -2.14. The van der Waals surface area contributed by atoms with E-state index >= 15 is 0 Å². The van der Waals surface area contributed by atoms with E-state index in [1.807, 2.05) is 48.5 Å². The molecule has 0 unspecified atom stereocenters. The SMILES string of the molecule is Cl.Cl.O=C(C[P+](c1ccccc1)(c1ccccc1)c1ccccc1)NCc1ccccc1. The molecule has 4 rings (SSSR count). The number of hydrogen-bond acceptors (Lipinski definition) is 1. The van der Waals surface area contributed by atoms with Gasteiger partial charge in [-0.3, -0.25) is 4.79 Å². The maximum Gasteiger partial charge on any atom is 0.259 e. The fourth-order valence-corrected chi connectivity index (χ4v) is 7.86. The number of benzene rings is 4. The molecule has 0 saturated heterocycles. The third kappa shape index (κ3) is 5.78. The van der Waals surface area contributed by atoms with Crippen LogP contribution in [0.25, 0.3) is 0 Å². The highest BCUT2D eigenvalue weighted by Gasteiger charge is 2.47. The zero-order chi connectivity index (χ0) is 20.7. The molecule has 1 N–H and O–H groups in total. The molecule has 164 valence electrons. The molecular weight excluding hydrogens is 456 g/mol. The van der Waals surface area contributed by atoms with E-state index in [-0.39, 0.29) is 30.7 Å². The third-order valence-corrected chi connectivity index (χ3v) is 9.60. The average Bonchev–Trinajstić information content (AvgIpc) is 2.83. The van der Waals surface area contributed by atoms with Gasteiger partial charge in [0.05, 0.1) is 0 Å². The summed E-state index contributed by atoms with van der Waals surface area (Å²) in [5, 5.41) is 6.81. The van der Waals surface area contributed by atoms with Crippen molar-refractivity contribution in [3.8, 4) is 0 Å². The Kier molecular flexibility index (Phi) is 9.94. The Morgan fingerprint density at radius 2 is 0.906 bits per heavy atom. The first kappa shape index (κ1) is 25.6. The summed E-state index contributed by atoms with van der Waals surface area (Å²) in [7, 11) is -2.14. The highest BCUT2D eigenvalue weighted by atomic mass is 35.5. The number of carbonyl (C=O) groups excluding carboxylic acids is 1. The smallest absolute Gasteiger partial charge is 0.259 e. The van der Waals surface area contributed by atoms with Crippen LogP contribution in [0.1, 0.15) is 5.56 Å². The van der Waals surface area contributed by atoms with Crippen molar-refractivity contribution >= 4 is 53.9 Å². The lowest BCUT2D eigenvalue weighted by atomic mass is 10.2. The van der Waals surface area contributed by atoms with E-state index in [4.69, 9.17) is 0 Å². The van der Waals surface area contributed by atoms with Crippen LogP contribution in [0.4, 0.5) is 0 Å². The van der Waals surface area contributed by atoms with Gasteiger partial charge in [-0.1, -0.05) is 84.9 Å². The number of nitrogens with one attached hydrogen (secondary N) is 1. The largest absolute Gasteiger partial charge is 0.349 e. The van der Waals surface area contributed by atoms with Crippen LogP contribution in [0.2, 0.25) is 0 Å². The first-order valence-corrected chi connectivity index (χ1v) is 12.1. The van der Waals surface area contributed by atoms with E-state index in [2.05, 4.69) is 78.1 Å². The molecule has 0 heterocycles. The molecule has 2 nitrogen and oxygen atoms in total. The summed E-state index contributed by atoms with van der Waals surface area (Å²) in [6, 6.07) is 41.5. The molecule has 32 heavy (non-hydrogen) atoms. The molecule has 1 amide bonds. The van der Waals surface area contributed by atoms with Crippen LogP contribution in [0.3, 0.4) is 0 Å². The Hall–Kier alpha value is -2.64. The number of amides is 1. The first-order valence-electron chi connectivity index (χ1n) is 10.1. The van der Waals surface area contributed by atoms with Crippen LogP contribution in [0.15, 0.2) is 121 Å². The zero-order valence-electron chi connectivity index (χ0n) is 17.6. The molecule has 0 atom stereocenters. The van der Waals surface area contributed by atoms with Crippen molar-refractivity contribution in [3.05, 3.63) is 127 Å². The summed E-state index contributed by atoms with van der Waals surface area (Å²) in [4.78, 5) is 13.3. The third-order valence-electron chi connectivity index (χ3n) is 5.30. The molecule has 4 aromatic carbocycles. The Morgan fingerprint density at radius 3 is 1.28 bits per heavy atom. The Bertz CT molecular complexity index is 981. The number of hydrogen-bond donors (Lipinski definition) is 1. The standard InChI is InChI=1S/C27H24NOP.2ClH/c29-27(28-21-23-13-5-1-6-14-23)22-30(24-15-7-2-8-16-24,25-17-9-3-10-18-25)26-19-11-4-12-20-26;;/h1-20H,21-22H2;2*1H/p+1. The predicted molar refractivity (Wildman–Crippen MR) is 143 cm³/mol. The zero-order valence-corrected chi connectivity index (χ0v) is 20.2. The highest BCUT2D eigenvalue weighted by molar-refractivity contribution is 7.96. The van der Waals surface area contributed by atoms with Crippen LogP contribution in [0.5, 0.6) is 0 Å². The van der Waals surface area contributed by atoms with Crippen molar-refractivity contribution < 1.29 is 4.79 Å². The second-order valence-corrected chi connectivity index (χ2v) is 10.7. The first-order chi connectivity index (χ1) is 14.8. The lowest BCUT2D eigenvalue weighted by Gasteiger charge is -2.27. The van der Waals surface area contributed by atoms with Crippen molar-refractivity contribution in [2.75, 3.05) is 6.16 Å². The molecule has 4 aromatic rings. The summed E-state index contributed by atoms with van der Waals surface area (Å²) in [6.07, 6.45) is 0.442. The average molecular weight is 483 g/mol. The van der Waals surface area contributed by atoms with Crippen LogP contribution < -0.4 is 21.2 Å². The molecule has 0 aromatic heterocycles. The summed E-state index contributed by atoms with van der Waals surface area (Å²) >= 11 is 0. The topological polar surface area (TPSA) is 29.1 Å². The minimum Gasteiger partial charge on any atom is -0.349 e. The maximum atomic E-state index is 13.3. The van der Waals surface area contributed by atoms with Gasteiger partial charge in [0.2, 0.25) is 0 Å². The van der Waals surface area contributed by atoms with E-state index in [1.54, 1.807) is 0 Å². The summed E-state index contributed by atoms with van der Waals surface area (Å²) in [6.45, 7) is 0.540. The van der Waals surface area contributed by atoms with Gasteiger partial charge in [-0.25, -0.2) is 0 Å². The van der Waals surface area contributed by atoms with Crippen LogP contribution in [-0.4, -0.2) is 12.1 Å². The monoisotopic (exact) mass is 482 g/mol. The van der Waals surface area contributed by atoms with Crippen molar-refractivity contribution in [2.45, 2.75) is 6.54 Å². The molecule has 5 heteroatoms. The summed E-state index contributed by atoms with van der Waals surface area (Å²) in [5.41, 5.74) is 1.11.